The van der Waals surface area contributed by atoms with E-state index < -0.39 is 0 Å². The number of halogens is 1. The third kappa shape index (κ3) is 3.24. The van der Waals surface area contributed by atoms with E-state index in [4.69, 9.17) is 0 Å². The fraction of sp³-hybridized carbons (Fsp3) is 0.500. The number of thioether (sulfide) groups is 1. The maximum atomic E-state index is 10.9. The molecule has 2 rings (SSSR count). The van der Waals surface area contributed by atoms with Gasteiger partial charge in [0.25, 0.3) is 5.69 Å². The molecule has 6 heteroatoms. The van der Waals surface area contributed by atoms with Crippen molar-refractivity contribution in [3.05, 3.63) is 38.3 Å². The molecule has 0 amide bonds. The van der Waals surface area contributed by atoms with E-state index in [2.05, 4.69) is 27.5 Å². The fourth-order valence-electron chi connectivity index (χ4n) is 1.89. The van der Waals surface area contributed by atoms with E-state index in [0.29, 0.717) is 11.3 Å². The van der Waals surface area contributed by atoms with Gasteiger partial charge in [-0.15, -0.1) is 0 Å². The largest absolute Gasteiger partial charge is 0.311 e. The predicted molar refractivity (Wildman–Crippen MR) is 78.0 cm³/mol. The number of hydrogen-bond acceptors (Lipinski definition) is 4. The van der Waals surface area contributed by atoms with Gasteiger partial charge in [-0.1, -0.05) is 15.9 Å². The van der Waals surface area contributed by atoms with Gasteiger partial charge < -0.3 is 5.32 Å². The van der Waals surface area contributed by atoms with Crippen LogP contribution in [0.1, 0.15) is 18.4 Å². The molecule has 1 saturated carbocycles. The molecule has 4 nitrogen and oxygen atoms in total. The molecule has 1 fully saturated rings. The number of nitrogens with zero attached hydrogens (tertiary/aromatic N) is 1. The van der Waals surface area contributed by atoms with Crippen LogP contribution < -0.4 is 5.32 Å². The van der Waals surface area contributed by atoms with E-state index in [0.717, 1.165) is 16.6 Å². The number of nitro benzene ring substituents is 1. The van der Waals surface area contributed by atoms with Gasteiger partial charge in [0.1, 0.15) is 0 Å². The highest BCUT2D eigenvalue weighted by atomic mass is 79.9. The monoisotopic (exact) mass is 330 g/mol. The van der Waals surface area contributed by atoms with Crippen molar-refractivity contribution < 1.29 is 4.92 Å². The van der Waals surface area contributed by atoms with Gasteiger partial charge in [0, 0.05) is 33.9 Å². The van der Waals surface area contributed by atoms with Crippen molar-refractivity contribution in [1.82, 2.24) is 5.32 Å². The highest BCUT2D eigenvalue weighted by molar-refractivity contribution is 9.10. The normalized spacial score (nSPS) is 16.6. The zero-order chi connectivity index (χ0) is 13.2. The van der Waals surface area contributed by atoms with Crippen LogP contribution in [-0.2, 0) is 6.54 Å². The summed E-state index contributed by atoms with van der Waals surface area (Å²) in [5, 5.41) is 14.3. The number of hydrogen-bond donors (Lipinski definition) is 1. The van der Waals surface area contributed by atoms with Crippen LogP contribution in [0.5, 0.6) is 0 Å². The fourth-order valence-corrected chi connectivity index (χ4v) is 3.06. The number of benzene rings is 1. The van der Waals surface area contributed by atoms with Gasteiger partial charge in [0.05, 0.1) is 4.92 Å². The van der Waals surface area contributed by atoms with Crippen molar-refractivity contribution in [2.45, 2.75) is 24.1 Å². The second-order valence-corrected chi connectivity index (χ2v) is 6.71. The SMILES string of the molecule is CSC1(CNCc2cc(Br)ccc2[N+](=O)[O-])CC1. The van der Waals surface area contributed by atoms with Gasteiger partial charge in [-0.2, -0.15) is 11.8 Å². The summed E-state index contributed by atoms with van der Waals surface area (Å²) in [6.45, 7) is 1.45. The van der Waals surface area contributed by atoms with Crippen LogP contribution in [0.4, 0.5) is 5.69 Å². The maximum Gasteiger partial charge on any atom is 0.273 e. The number of nitro groups is 1. The van der Waals surface area contributed by atoms with E-state index in [1.165, 1.54) is 12.8 Å². The van der Waals surface area contributed by atoms with Crippen LogP contribution >= 0.6 is 27.7 Å². The van der Waals surface area contributed by atoms with E-state index in [-0.39, 0.29) is 10.6 Å². The van der Waals surface area contributed by atoms with Crippen molar-refractivity contribution in [3.63, 3.8) is 0 Å². The van der Waals surface area contributed by atoms with Crippen molar-refractivity contribution in [1.29, 1.82) is 0 Å². The van der Waals surface area contributed by atoms with Gasteiger partial charge in [0.15, 0.2) is 0 Å². The topological polar surface area (TPSA) is 55.2 Å². The molecule has 1 aromatic rings. The van der Waals surface area contributed by atoms with Crippen LogP contribution in [-0.4, -0.2) is 22.5 Å². The number of nitrogens with one attached hydrogen (secondary N) is 1. The van der Waals surface area contributed by atoms with Crippen LogP contribution in [0.25, 0.3) is 0 Å². The first-order chi connectivity index (χ1) is 8.56. The van der Waals surface area contributed by atoms with Crippen molar-refractivity contribution in [3.8, 4) is 0 Å². The maximum absolute atomic E-state index is 10.9. The third-order valence-electron chi connectivity index (χ3n) is 3.24. The summed E-state index contributed by atoms with van der Waals surface area (Å²) >= 11 is 5.23. The molecule has 0 bridgehead atoms. The van der Waals surface area contributed by atoms with E-state index in [9.17, 15) is 10.1 Å². The van der Waals surface area contributed by atoms with E-state index in [1.54, 1.807) is 12.1 Å². The minimum atomic E-state index is -0.328. The Kier molecular flexibility index (Phi) is 4.29. The number of rotatable bonds is 6. The molecule has 0 heterocycles. The van der Waals surface area contributed by atoms with Crippen molar-refractivity contribution >= 4 is 33.4 Å². The molecule has 1 N–H and O–H groups in total. The van der Waals surface area contributed by atoms with Gasteiger partial charge >= 0.3 is 0 Å². The van der Waals surface area contributed by atoms with Gasteiger partial charge in [0.2, 0.25) is 0 Å². The highest BCUT2D eigenvalue weighted by Gasteiger charge is 2.41. The van der Waals surface area contributed by atoms with Crippen LogP contribution in [0.3, 0.4) is 0 Å². The summed E-state index contributed by atoms with van der Waals surface area (Å²) < 4.78 is 1.25. The predicted octanol–water partition coefficient (Wildman–Crippen LogP) is 3.34. The standard InChI is InChI=1S/C12H15BrN2O2S/c1-18-12(4-5-12)8-14-7-9-6-10(13)2-3-11(9)15(16)17/h2-3,6,14H,4-5,7-8H2,1H3. The molecule has 0 saturated heterocycles. The lowest BCUT2D eigenvalue weighted by molar-refractivity contribution is -0.385. The molecule has 0 aliphatic heterocycles. The molecule has 1 aliphatic carbocycles. The summed E-state index contributed by atoms with van der Waals surface area (Å²) in [6.07, 6.45) is 4.60. The third-order valence-corrected chi connectivity index (χ3v) is 5.15. The van der Waals surface area contributed by atoms with Gasteiger partial charge in [-0.25, -0.2) is 0 Å². The quantitative estimate of drug-likeness (QED) is 0.642. The lowest BCUT2D eigenvalue weighted by atomic mass is 10.2. The molecule has 0 atom stereocenters. The lowest BCUT2D eigenvalue weighted by Gasteiger charge is -2.13. The Morgan fingerprint density at radius 3 is 2.83 bits per heavy atom. The van der Waals surface area contributed by atoms with Crippen molar-refractivity contribution in [2.24, 2.45) is 0 Å². The smallest absolute Gasteiger partial charge is 0.273 e. The van der Waals surface area contributed by atoms with Crippen LogP contribution in [0.2, 0.25) is 0 Å². The second-order valence-electron chi connectivity index (χ2n) is 4.52. The molecule has 1 aliphatic rings. The summed E-state index contributed by atoms with van der Waals surface area (Å²) in [5.74, 6) is 0. The minimum Gasteiger partial charge on any atom is -0.311 e. The van der Waals surface area contributed by atoms with Crippen molar-refractivity contribution in [2.75, 3.05) is 12.8 Å². The van der Waals surface area contributed by atoms with Crippen LogP contribution in [0, 0.1) is 10.1 Å². The van der Waals surface area contributed by atoms with E-state index in [1.807, 2.05) is 17.8 Å². The molecule has 1 aromatic carbocycles. The first-order valence-electron chi connectivity index (χ1n) is 5.75. The Labute approximate surface area is 119 Å². The lowest BCUT2D eigenvalue weighted by Crippen LogP contribution is -2.25. The molecule has 0 radical (unpaired) electrons. The highest BCUT2D eigenvalue weighted by Crippen LogP contribution is 2.46. The second kappa shape index (κ2) is 5.59. The summed E-state index contributed by atoms with van der Waals surface area (Å²) in [5.41, 5.74) is 0.908. The molecular formula is C12H15BrN2O2S. The van der Waals surface area contributed by atoms with Gasteiger partial charge in [-0.05, 0) is 31.2 Å². The van der Waals surface area contributed by atoms with Gasteiger partial charge in [-0.3, -0.25) is 10.1 Å². The molecule has 0 unspecified atom stereocenters. The van der Waals surface area contributed by atoms with E-state index >= 15 is 0 Å². The Morgan fingerprint density at radius 2 is 2.28 bits per heavy atom. The Balaban J connectivity index is 1.99. The summed E-state index contributed by atoms with van der Waals surface area (Å²) in [6, 6.07) is 5.05. The first-order valence-corrected chi connectivity index (χ1v) is 7.77. The molecule has 0 spiro atoms. The molecular weight excluding hydrogens is 316 g/mol. The summed E-state index contributed by atoms with van der Waals surface area (Å²) in [7, 11) is 0. The Bertz CT molecular complexity index is 463. The summed E-state index contributed by atoms with van der Waals surface area (Å²) in [4.78, 5) is 10.6. The average molecular weight is 331 g/mol. The molecule has 18 heavy (non-hydrogen) atoms. The van der Waals surface area contributed by atoms with Crippen LogP contribution in [0.15, 0.2) is 22.7 Å². The Morgan fingerprint density at radius 1 is 1.56 bits per heavy atom. The molecule has 98 valence electrons. The average Bonchev–Trinajstić information content (AvgIpc) is 3.09. The first kappa shape index (κ1) is 13.8. The zero-order valence-corrected chi connectivity index (χ0v) is 12.5. The Hall–Kier alpha value is -0.590. The minimum absolute atomic E-state index is 0.180. The molecule has 0 aromatic heterocycles. The zero-order valence-electron chi connectivity index (χ0n) is 10.1.